The van der Waals surface area contributed by atoms with Crippen LogP contribution in [-0.4, -0.2) is 24.8 Å². The van der Waals surface area contributed by atoms with Crippen LogP contribution in [0.4, 0.5) is 4.39 Å². The predicted molar refractivity (Wildman–Crippen MR) is 97.0 cm³/mol. The third-order valence-corrected chi connectivity index (χ3v) is 4.24. The number of hydrogen-bond donors (Lipinski definition) is 1. The van der Waals surface area contributed by atoms with Gasteiger partial charge in [0.05, 0.1) is 0 Å². The summed E-state index contributed by atoms with van der Waals surface area (Å²) in [6.07, 6.45) is 1.67. The lowest BCUT2D eigenvalue weighted by Gasteiger charge is -2.07. The van der Waals surface area contributed by atoms with E-state index in [-0.39, 0.29) is 11.7 Å². The maximum absolute atomic E-state index is 13.5. The number of carbonyl (C=O) groups excluding carboxylic acids is 1. The molecule has 3 nitrogen and oxygen atoms in total. The minimum atomic E-state index is -0.187. The van der Waals surface area contributed by atoms with Crippen LogP contribution < -0.4 is 10.1 Å². The lowest BCUT2D eigenvalue weighted by atomic mass is 10.2. The van der Waals surface area contributed by atoms with E-state index in [2.05, 4.69) is 11.9 Å². The van der Waals surface area contributed by atoms with Gasteiger partial charge in [-0.1, -0.05) is 30.9 Å². The Morgan fingerprint density at radius 3 is 2.67 bits per heavy atom. The average Bonchev–Trinajstić information content (AvgIpc) is 2.61. The zero-order chi connectivity index (χ0) is 17.2. The van der Waals surface area contributed by atoms with Crippen molar-refractivity contribution >= 4 is 17.7 Å². The van der Waals surface area contributed by atoms with Gasteiger partial charge in [0.2, 0.25) is 0 Å². The van der Waals surface area contributed by atoms with Crippen LogP contribution in [0, 0.1) is 5.82 Å². The van der Waals surface area contributed by atoms with E-state index in [4.69, 9.17) is 4.74 Å². The largest absolute Gasteiger partial charge is 0.490 e. The van der Waals surface area contributed by atoms with Crippen LogP contribution in [0.3, 0.4) is 0 Å². The molecule has 0 fully saturated rings. The molecule has 0 spiro atoms. The number of hydrogen-bond acceptors (Lipinski definition) is 3. The Bertz CT molecular complexity index is 673. The smallest absolute Gasteiger partial charge is 0.251 e. The molecule has 1 N–H and O–H groups in total. The summed E-state index contributed by atoms with van der Waals surface area (Å²) in [5.41, 5.74) is 1.27. The molecule has 0 aliphatic heterocycles. The maximum Gasteiger partial charge on any atom is 0.251 e. The van der Waals surface area contributed by atoms with Gasteiger partial charge in [-0.05, 0) is 35.9 Å². The number of amides is 1. The first-order valence-electron chi connectivity index (χ1n) is 7.64. The van der Waals surface area contributed by atoms with E-state index in [0.717, 1.165) is 5.75 Å². The van der Waals surface area contributed by atoms with Gasteiger partial charge < -0.3 is 10.1 Å². The minimum Gasteiger partial charge on any atom is -0.490 e. The lowest BCUT2D eigenvalue weighted by molar-refractivity contribution is 0.0956. The van der Waals surface area contributed by atoms with E-state index in [9.17, 15) is 9.18 Å². The zero-order valence-corrected chi connectivity index (χ0v) is 14.2. The molecule has 0 saturated carbocycles. The van der Waals surface area contributed by atoms with Crippen molar-refractivity contribution in [2.75, 3.05) is 18.9 Å². The van der Waals surface area contributed by atoms with Crippen molar-refractivity contribution in [2.24, 2.45) is 0 Å². The third kappa shape index (κ3) is 5.74. The van der Waals surface area contributed by atoms with Gasteiger partial charge in [0.1, 0.15) is 18.2 Å². The Labute approximate surface area is 145 Å². The second kappa shape index (κ2) is 9.78. The summed E-state index contributed by atoms with van der Waals surface area (Å²) in [4.78, 5) is 12.0. The molecule has 0 aliphatic carbocycles. The van der Waals surface area contributed by atoms with Gasteiger partial charge in [-0.3, -0.25) is 4.79 Å². The molecule has 5 heteroatoms. The van der Waals surface area contributed by atoms with Crippen LogP contribution in [0.5, 0.6) is 5.75 Å². The van der Waals surface area contributed by atoms with Crippen molar-refractivity contribution in [1.82, 2.24) is 5.32 Å². The van der Waals surface area contributed by atoms with Gasteiger partial charge in [-0.25, -0.2) is 4.39 Å². The van der Waals surface area contributed by atoms with Crippen LogP contribution in [-0.2, 0) is 5.75 Å². The number of benzene rings is 2. The Morgan fingerprint density at radius 1 is 1.21 bits per heavy atom. The minimum absolute atomic E-state index is 0.128. The van der Waals surface area contributed by atoms with E-state index >= 15 is 0 Å². The summed E-state index contributed by atoms with van der Waals surface area (Å²) in [6.45, 7) is 4.55. The standard InChI is InChI=1S/C19H20FNO2S/c1-2-12-23-17-9-7-15(8-10-17)19(22)21-11-13-24-14-16-5-3-4-6-18(16)20/h2-10H,1,11-14H2,(H,21,22). The fourth-order valence-corrected chi connectivity index (χ4v) is 2.84. The first kappa shape index (κ1) is 18.1. The van der Waals surface area contributed by atoms with Gasteiger partial charge in [0.15, 0.2) is 0 Å². The van der Waals surface area contributed by atoms with Crippen molar-refractivity contribution in [3.05, 3.63) is 78.1 Å². The topological polar surface area (TPSA) is 38.3 Å². The van der Waals surface area contributed by atoms with Crippen molar-refractivity contribution in [3.8, 4) is 5.75 Å². The quantitative estimate of drug-likeness (QED) is 0.550. The van der Waals surface area contributed by atoms with Crippen LogP contribution >= 0.6 is 11.8 Å². The van der Waals surface area contributed by atoms with Gasteiger partial charge in [0, 0.05) is 23.6 Å². The Hall–Kier alpha value is -2.27. The van der Waals surface area contributed by atoms with Gasteiger partial charge in [0.25, 0.3) is 5.91 Å². The molecule has 0 bridgehead atoms. The van der Waals surface area contributed by atoms with E-state index in [0.29, 0.717) is 35.8 Å². The molecule has 0 unspecified atom stereocenters. The summed E-state index contributed by atoms with van der Waals surface area (Å²) in [5.74, 6) is 1.70. The van der Waals surface area contributed by atoms with Crippen molar-refractivity contribution in [3.63, 3.8) is 0 Å². The number of carbonyl (C=O) groups is 1. The van der Waals surface area contributed by atoms with Crippen molar-refractivity contribution in [2.45, 2.75) is 5.75 Å². The van der Waals surface area contributed by atoms with Crippen LogP contribution in [0.1, 0.15) is 15.9 Å². The summed E-state index contributed by atoms with van der Waals surface area (Å²) in [6, 6.07) is 13.7. The first-order chi connectivity index (χ1) is 11.7. The van der Waals surface area contributed by atoms with Gasteiger partial charge in [-0.15, -0.1) is 0 Å². The predicted octanol–water partition coefficient (Wildman–Crippen LogP) is 4.05. The molecule has 0 heterocycles. The molecule has 126 valence electrons. The fraction of sp³-hybridized carbons (Fsp3) is 0.211. The molecular formula is C19H20FNO2S. The Morgan fingerprint density at radius 2 is 1.96 bits per heavy atom. The molecule has 1 amide bonds. The molecule has 0 atom stereocenters. The average molecular weight is 345 g/mol. The second-order valence-corrected chi connectivity index (χ2v) is 6.13. The van der Waals surface area contributed by atoms with Crippen LogP contribution in [0.2, 0.25) is 0 Å². The SMILES string of the molecule is C=CCOc1ccc(C(=O)NCCSCc2ccccc2F)cc1. The first-order valence-corrected chi connectivity index (χ1v) is 8.79. The number of rotatable bonds is 9. The third-order valence-electron chi connectivity index (χ3n) is 3.23. The molecule has 2 rings (SSSR count). The van der Waals surface area contributed by atoms with Gasteiger partial charge in [-0.2, -0.15) is 11.8 Å². The van der Waals surface area contributed by atoms with Crippen LogP contribution in [0.25, 0.3) is 0 Å². The molecule has 0 saturated heterocycles. The summed E-state index contributed by atoms with van der Waals surface area (Å²) in [5, 5.41) is 2.85. The summed E-state index contributed by atoms with van der Waals surface area (Å²) >= 11 is 1.59. The van der Waals surface area contributed by atoms with Crippen LogP contribution in [0.15, 0.2) is 61.2 Å². The highest BCUT2D eigenvalue weighted by Crippen LogP contribution is 2.15. The molecule has 2 aromatic carbocycles. The van der Waals surface area contributed by atoms with E-state index in [1.807, 2.05) is 6.07 Å². The number of halogens is 1. The second-order valence-electron chi connectivity index (χ2n) is 5.02. The summed E-state index contributed by atoms with van der Waals surface area (Å²) < 4.78 is 18.8. The normalized spacial score (nSPS) is 10.2. The molecule has 0 aromatic heterocycles. The molecule has 24 heavy (non-hydrogen) atoms. The van der Waals surface area contributed by atoms with E-state index in [1.165, 1.54) is 6.07 Å². The monoisotopic (exact) mass is 345 g/mol. The van der Waals surface area contributed by atoms with E-state index in [1.54, 1.807) is 54.2 Å². The molecular weight excluding hydrogens is 325 g/mol. The molecule has 0 aliphatic rings. The highest BCUT2D eigenvalue weighted by atomic mass is 32.2. The van der Waals surface area contributed by atoms with Crippen molar-refractivity contribution in [1.29, 1.82) is 0 Å². The highest BCUT2D eigenvalue weighted by molar-refractivity contribution is 7.98. The highest BCUT2D eigenvalue weighted by Gasteiger charge is 2.05. The number of nitrogens with one attached hydrogen (secondary N) is 1. The molecule has 0 radical (unpaired) electrons. The number of ether oxygens (including phenoxy) is 1. The summed E-state index contributed by atoms with van der Waals surface area (Å²) in [7, 11) is 0. The molecule has 2 aromatic rings. The Kier molecular flexibility index (Phi) is 7.36. The van der Waals surface area contributed by atoms with Crippen molar-refractivity contribution < 1.29 is 13.9 Å². The number of thioether (sulfide) groups is 1. The van der Waals surface area contributed by atoms with Gasteiger partial charge >= 0.3 is 0 Å². The zero-order valence-electron chi connectivity index (χ0n) is 13.3. The lowest BCUT2D eigenvalue weighted by Crippen LogP contribution is -2.25. The van der Waals surface area contributed by atoms with E-state index < -0.39 is 0 Å². The maximum atomic E-state index is 13.5. The Balaban J connectivity index is 1.69. The fourth-order valence-electron chi connectivity index (χ4n) is 1.99.